The van der Waals surface area contributed by atoms with Crippen LogP contribution in [0.15, 0.2) is 24.3 Å². The summed E-state index contributed by atoms with van der Waals surface area (Å²) in [7, 11) is 0. The van der Waals surface area contributed by atoms with Gasteiger partial charge in [-0.25, -0.2) is 4.39 Å². The van der Waals surface area contributed by atoms with Crippen molar-refractivity contribution in [2.24, 2.45) is 11.7 Å². The Labute approximate surface area is 246 Å². The number of nitrogens with zero attached hydrogens (tertiary/aromatic N) is 6. The van der Waals surface area contributed by atoms with Crippen molar-refractivity contribution in [3.63, 3.8) is 0 Å². The summed E-state index contributed by atoms with van der Waals surface area (Å²) in [6, 6.07) is 5.37. The Kier molecular flexibility index (Phi) is 6.60. The minimum absolute atomic E-state index is 0.0243. The molecule has 6 aliphatic heterocycles. The lowest BCUT2D eigenvalue weighted by molar-refractivity contribution is -0.136. The van der Waals surface area contributed by atoms with E-state index in [1.165, 1.54) is 6.07 Å². The number of nitrogens with one attached hydrogen (secondary N) is 1. The molecule has 5 fully saturated rings. The first-order valence-electron chi connectivity index (χ1n) is 14.6. The molecule has 1 aromatic carbocycles. The molecule has 3 atom stereocenters. The summed E-state index contributed by atoms with van der Waals surface area (Å²) in [6.45, 7) is 3.88. The highest BCUT2D eigenvalue weighted by Gasteiger charge is 2.48. The zero-order valence-electron chi connectivity index (χ0n) is 23.4. The summed E-state index contributed by atoms with van der Waals surface area (Å²) in [5.74, 6) is -2.42. The van der Waals surface area contributed by atoms with Crippen LogP contribution in [0, 0.1) is 11.7 Å². The number of amides is 5. The van der Waals surface area contributed by atoms with Crippen molar-refractivity contribution in [1.82, 2.24) is 25.3 Å². The zero-order valence-corrected chi connectivity index (χ0v) is 23.4. The van der Waals surface area contributed by atoms with Gasteiger partial charge in [0.15, 0.2) is 11.5 Å². The Morgan fingerprint density at radius 2 is 1.65 bits per heavy atom. The number of fused-ring (bicyclic) bond motifs is 3. The van der Waals surface area contributed by atoms with Crippen molar-refractivity contribution < 1.29 is 28.4 Å². The number of nitrogens with two attached hydrogens (primary N) is 1. The Morgan fingerprint density at radius 3 is 2.28 bits per heavy atom. The summed E-state index contributed by atoms with van der Waals surface area (Å²) < 4.78 is 15.4. The number of carbonyl (C=O) groups is 5. The van der Waals surface area contributed by atoms with Crippen molar-refractivity contribution in [1.29, 1.82) is 0 Å². The fourth-order valence-electron chi connectivity index (χ4n) is 7.17. The summed E-state index contributed by atoms with van der Waals surface area (Å²) >= 11 is 0. The second-order valence-corrected chi connectivity index (χ2v) is 12.0. The number of piperidine rings is 3. The lowest BCUT2D eigenvalue weighted by atomic mass is 9.84. The number of hydrogen-bond donors (Lipinski definition) is 2. The van der Waals surface area contributed by atoms with Crippen LogP contribution in [-0.2, 0) is 9.59 Å². The lowest BCUT2D eigenvalue weighted by Crippen LogP contribution is -2.69. The van der Waals surface area contributed by atoms with Crippen LogP contribution in [0.2, 0.25) is 0 Å². The second kappa shape index (κ2) is 10.4. The highest BCUT2D eigenvalue weighted by molar-refractivity contribution is 6.23. The number of aromatic nitrogens is 2. The summed E-state index contributed by atoms with van der Waals surface area (Å²) in [5.41, 5.74) is 5.72. The topological polar surface area (TPSA) is 162 Å². The highest BCUT2D eigenvalue weighted by Crippen LogP contribution is 2.39. The molecule has 0 radical (unpaired) electrons. The molecule has 6 aliphatic rings. The maximum absolute atomic E-state index is 15.4. The minimum atomic E-state index is -1.09. The van der Waals surface area contributed by atoms with E-state index in [1.807, 2.05) is 4.90 Å². The first-order valence-corrected chi connectivity index (χ1v) is 14.6. The Bertz CT molecular complexity index is 1530. The zero-order chi connectivity index (χ0) is 30.0. The number of imide groups is 2. The average molecular weight is 591 g/mol. The van der Waals surface area contributed by atoms with E-state index < -0.39 is 41.4 Å². The number of benzene rings is 1. The van der Waals surface area contributed by atoms with Gasteiger partial charge in [0, 0.05) is 51.2 Å². The second-order valence-electron chi connectivity index (χ2n) is 12.0. The standard InChI is InChI=1S/C29H31FN8O5/c30-20-10-18-19(29(43)38(28(18)42)22-2-4-25(39)32-27(22)41)11-23(20)36-13-16-9-17(14-36)37(16)12-15-5-7-35(8-6-15)24-3-1-21(26(31)40)33-34-24/h1,3,10-11,15-17,22H,2,4-9,12-14H2,(H2,31,40)(H,32,39,41). The van der Waals surface area contributed by atoms with Gasteiger partial charge in [-0.1, -0.05) is 0 Å². The molecule has 1 aromatic heterocycles. The maximum atomic E-state index is 15.4. The first kappa shape index (κ1) is 27.4. The van der Waals surface area contributed by atoms with Gasteiger partial charge in [0.1, 0.15) is 11.9 Å². The smallest absolute Gasteiger partial charge is 0.269 e. The molecule has 0 aliphatic carbocycles. The van der Waals surface area contributed by atoms with E-state index in [0.29, 0.717) is 19.0 Å². The third kappa shape index (κ3) is 4.69. The quantitative estimate of drug-likeness (QED) is 0.448. The normalized spacial score (nSPS) is 26.0. The summed E-state index contributed by atoms with van der Waals surface area (Å²) in [6.07, 6.45) is 3.10. The maximum Gasteiger partial charge on any atom is 0.269 e. The fraction of sp³-hybridized carbons (Fsp3) is 0.483. The van der Waals surface area contributed by atoms with Crippen LogP contribution in [0.4, 0.5) is 15.9 Å². The monoisotopic (exact) mass is 590 g/mol. The highest BCUT2D eigenvalue weighted by atomic mass is 19.1. The largest absolute Gasteiger partial charge is 0.366 e. The Morgan fingerprint density at radius 1 is 0.953 bits per heavy atom. The van der Waals surface area contributed by atoms with E-state index in [1.54, 1.807) is 12.1 Å². The van der Waals surface area contributed by atoms with Crippen LogP contribution < -0.4 is 20.9 Å². The fourth-order valence-corrected chi connectivity index (χ4v) is 7.17. The van der Waals surface area contributed by atoms with Gasteiger partial charge in [0.05, 0.1) is 16.8 Å². The van der Waals surface area contributed by atoms with Gasteiger partial charge in [-0.2, -0.15) is 0 Å². The molecule has 0 spiro atoms. The van der Waals surface area contributed by atoms with Crippen molar-refractivity contribution in [2.75, 3.05) is 42.5 Å². The number of carbonyl (C=O) groups excluding carboxylic acids is 5. The molecule has 2 aromatic rings. The molecular formula is C29H31FN8O5. The predicted molar refractivity (Wildman–Crippen MR) is 150 cm³/mol. The first-order chi connectivity index (χ1) is 20.7. The van der Waals surface area contributed by atoms with Crippen LogP contribution in [0.25, 0.3) is 0 Å². The number of piperazine rings is 1. The van der Waals surface area contributed by atoms with E-state index >= 15 is 4.39 Å². The van der Waals surface area contributed by atoms with Crippen LogP contribution in [-0.4, -0.2) is 100 Å². The molecule has 7 heterocycles. The lowest BCUT2D eigenvalue weighted by Gasteiger charge is -2.58. The van der Waals surface area contributed by atoms with Crippen LogP contribution in [0.3, 0.4) is 0 Å². The third-order valence-electron chi connectivity index (χ3n) is 9.50. The molecule has 3 unspecified atom stereocenters. The summed E-state index contributed by atoms with van der Waals surface area (Å²) in [4.78, 5) is 68.9. The van der Waals surface area contributed by atoms with Gasteiger partial charge in [0.25, 0.3) is 17.7 Å². The molecule has 2 bridgehead atoms. The van der Waals surface area contributed by atoms with Crippen molar-refractivity contribution in [3.8, 4) is 0 Å². The van der Waals surface area contributed by atoms with Gasteiger partial charge in [0.2, 0.25) is 11.8 Å². The molecular weight excluding hydrogens is 559 g/mol. The molecule has 5 saturated heterocycles. The third-order valence-corrected chi connectivity index (χ3v) is 9.50. The Hall–Kier alpha value is -4.46. The van der Waals surface area contributed by atoms with Gasteiger partial charge in [-0.3, -0.25) is 39.1 Å². The molecule has 5 amide bonds. The van der Waals surface area contributed by atoms with Gasteiger partial charge < -0.3 is 15.5 Å². The molecule has 14 heteroatoms. The van der Waals surface area contributed by atoms with Gasteiger partial charge >= 0.3 is 0 Å². The van der Waals surface area contributed by atoms with E-state index in [9.17, 15) is 24.0 Å². The minimum Gasteiger partial charge on any atom is -0.366 e. The number of halogens is 1. The van der Waals surface area contributed by atoms with E-state index in [0.717, 1.165) is 55.7 Å². The number of anilines is 2. The molecule has 0 saturated carbocycles. The molecule has 13 nitrogen and oxygen atoms in total. The van der Waals surface area contributed by atoms with E-state index in [-0.39, 0.29) is 47.4 Å². The number of rotatable bonds is 6. The SMILES string of the molecule is NC(=O)c1ccc(N2CCC(CN3C4CC3CN(c3cc5c(cc3F)C(=O)N(C3CCC(=O)NC3=O)C5=O)C4)CC2)nn1. The number of primary amides is 1. The molecule has 43 heavy (non-hydrogen) atoms. The van der Waals surface area contributed by atoms with Crippen molar-refractivity contribution in [2.45, 2.75) is 50.2 Å². The predicted octanol–water partition coefficient (Wildman–Crippen LogP) is 0.295. The molecule has 3 N–H and O–H groups in total. The van der Waals surface area contributed by atoms with Gasteiger partial charge in [-0.15, -0.1) is 10.2 Å². The van der Waals surface area contributed by atoms with Crippen molar-refractivity contribution in [3.05, 3.63) is 46.9 Å². The van der Waals surface area contributed by atoms with E-state index in [2.05, 4.69) is 25.3 Å². The van der Waals surface area contributed by atoms with Crippen molar-refractivity contribution >= 4 is 41.0 Å². The summed E-state index contributed by atoms with van der Waals surface area (Å²) in [5, 5.41) is 10.2. The van der Waals surface area contributed by atoms with Crippen LogP contribution >= 0.6 is 0 Å². The molecule has 224 valence electrons. The molecule has 8 rings (SSSR count). The number of hydrogen-bond acceptors (Lipinski definition) is 10. The van der Waals surface area contributed by atoms with Crippen LogP contribution in [0.1, 0.15) is 63.3 Å². The van der Waals surface area contributed by atoms with Crippen LogP contribution in [0.5, 0.6) is 0 Å². The average Bonchev–Trinajstić information content (AvgIpc) is 3.24. The van der Waals surface area contributed by atoms with Gasteiger partial charge in [-0.05, 0) is 55.9 Å². The Balaban J connectivity index is 0.973. The van der Waals surface area contributed by atoms with E-state index in [4.69, 9.17) is 5.73 Å².